The van der Waals surface area contributed by atoms with Crippen LogP contribution in [0.3, 0.4) is 0 Å². The van der Waals surface area contributed by atoms with Crippen molar-refractivity contribution in [3.8, 4) is 5.75 Å². The summed E-state index contributed by atoms with van der Waals surface area (Å²) < 4.78 is 5.59. The van der Waals surface area contributed by atoms with Gasteiger partial charge in [-0.1, -0.05) is 35.9 Å². The fourth-order valence-electron chi connectivity index (χ4n) is 1.92. The van der Waals surface area contributed by atoms with Crippen molar-refractivity contribution in [3.63, 3.8) is 0 Å². The quantitative estimate of drug-likeness (QED) is 0.857. The van der Waals surface area contributed by atoms with Crippen LogP contribution in [0.2, 0.25) is 5.02 Å². The molecule has 19 heavy (non-hydrogen) atoms. The molecule has 0 aliphatic heterocycles. The Balaban J connectivity index is 2.14. The van der Waals surface area contributed by atoms with Crippen LogP contribution in [-0.2, 0) is 6.54 Å². The van der Waals surface area contributed by atoms with E-state index in [1.165, 1.54) is 11.1 Å². The first kappa shape index (κ1) is 13.8. The first-order valence-corrected chi connectivity index (χ1v) is 6.79. The highest BCUT2D eigenvalue weighted by Gasteiger charge is 2.05. The van der Waals surface area contributed by atoms with Gasteiger partial charge in [-0.15, -0.1) is 0 Å². The van der Waals surface area contributed by atoms with E-state index in [0.717, 1.165) is 18.0 Å². The summed E-state index contributed by atoms with van der Waals surface area (Å²) in [6.45, 7) is 5.48. The highest BCUT2D eigenvalue weighted by Crippen LogP contribution is 2.28. The first-order chi connectivity index (χ1) is 9.20. The van der Waals surface area contributed by atoms with E-state index in [2.05, 4.69) is 24.4 Å². The average molecular weight is 276 g/mol. The van der Waals surface area contributed by atoms with Gasteiger partial charge in [0.25, 0.3) is 0 Å². The predicted octanol–water partition coefficient (Wildman–Crippen LogP) is 4.66. The Morgan fingerprint density at radius 3 is 2.68 bits per heavy atom. The maximum atomic E-state index is 6.03. The zero-order valence-electron chi connectivity index (χ0n) is 11.2. The number of hydrogen-bond donors (Lipinski definition) is 1. The molecule has 0 saturated heterocycles. The Morgan fingerprint density at radius 2 is 1.95 bits per heavy atom. The van der Waals surface area contributed by atoms with Crippen molar-refractivity contribution >= 4 is 17.3 Å². The molecule has 2 aromatic rings. The molecule has 0 amide bonds. The Hall–Kier alpha value is -1.67. The Kier molecular flexibility index (Phi) is 4.69. The van der Waals surface area contributed by atoms with Gasteiger partial charge in [0, 0.05) is 11.6 Å². The first-order valence-electron chi connectivity index (χ1n) is 6.41. The van der Waals surface area contributed by atoms with Crippen LogP contribution in [0, 0.1) is 6.92 Å². The van der Waals surface area contributed by atoms with E-state index in [-0.39, 0.29) is 0 Å². The van der Waals surface area contributed by atoms with Gasteiger partial charge in [-0.25, -0.2) is 0 Å². The number of benzene rings is 2. The standard InChI is InChI=1S/C16H18ClNO/c1-3-19-16-9-8-14(17)10-15(16)18-11-13-7-5-4-6-12(13)2/h4-10,18H,3,11H2,1-2H3. The molecule has 0 unspecified atom stereocenters. The molecule has 0 aliphatic rings. The lowest BCUT2D eigenvalue weighted by Gasteiger charge is -2.13. The minimum atomic E-state index is 0.640. The van der Waals surface area contributed by atoms with Crippen molar-refractivity contribution in [1.82, 2.24) is 0 Å². The Bertz CT molecular complexity index is 554. The van der Waals surface area contributed by atoms with Gasteiger partial charge < -0.3 is 10.1 Å². The van der Waals surface area contributed by atoms with Crippen LogP contribution >= 0.6 is 11.6 Å². The van der Waals surface area contributed by atoms with Crippen LogP contribution in [0.1, 0.15) is 18.1 Å². The third-order valence-corrected chi connectivity index (χ3v) is 3.21. The summed E-state index contributed by atoms with van der Waals surface area (Å²) in [6.07, 6.45) is 0. The van der Waals surface area contributed by atoms with E-state index in [1.54, 1.807) is 0 Å². The second-order valence-corrected chi connectivity index (χ2v) is 4.79. The van der Waals surface area contributed by atoms with Crippen LogP contribution in [0.25, 0.3) is 0 Å². The van der Waals surface area contributed by atoms with Gasteiger partial charge in [-0.2, -0.15) is 0 Å². The SMILES string of the molecule is CCOc1ccc(Cl)cc1NCc1ccccc1C. The molecule has 2 nitrogen and oxygen atoms in total. The number of hydrogen-bond acceptors (Lipinski definition) is 2. The molecule has 0 saturated carbocycles. The van der Waals surface area contributed by atoms with Crippen LogP contribution < -0.4 is 10.1 Å². The molecule has 0 fully saturated rings. The summed E-state index contributed by atoms with van der Waals surface area (Å²) in [4.78, 5) is 0. The molecule has 0 aliphatic carbocycles. The molecule has 0 radical (unpaired) electrons. The maximum Gasteiger partial charge on any atom is 0.142 e. The topological polar surface area (TPSA) is 21.3 Å². The second kappa shape index (κ2) is 6.48. The van der Waals surface area contributed by atoms with Gasteiger partial charge in [0.15, 0.2) is 0 Å². The highest BCUT2D eigenvalue weighted by molar-refractivity contribution is 6.30. The molecule has 100 valence electrons. The smallest absolute Gasteiger partial charge is 0.142 e. The van der Waals surface area contributed by atoms with Crippen molar-refractivity contribution in [1.29, 1.82) is 0 Å². The molecule has 0 spiro atoms. The molecule has 0 heterocycles. The van der Waals surface area contributed by atoms with Gasteiger partial charge in [-0.3, -0.25) is 0 Å². The number of anilines is 1. The molecule has 2 aromatic carbocycles. The lowest BCUT2D eigenvalue weighted by Crippen LogP contribution is -2.03. The van der Waals surface area contributed by atoms with Crippen LogP contribution in [0.15, 0.2) is 42.5 Å². The van der Waals surface area contributed by atoms with Crippen molar-refractivity contribution < 1.29 is 4.74 Å². The number of halogens is 1. The maximum absolute atomic E-state index is 6.03. The van der Waals surface area contributed by atoms with E-state index >= 15 is 0 Å². The number of ether oxygens (including phenoxy) is 1. The Labute approximate surface area is 119 Å². The van der Waals surface area contributed by atoms with E-state index in [1.807, 2.05) is 37.3 Å². The third-order valence-electron chi connectivity index (χ3n) is 2.97. The number of nitrogens with one attached hydrogen (secondary N) is 1. The molecule has 2 rings (SSSR count). The minimum absolute atomic E-state index is 0.640. The van der Waals surface area contributed by atoms with Gasteiger partial charge in [0.2, 0.25) is 0 Å². The van der Waals surface area contributed by atoms with Crippen LogP contribution in [-0.4, -0.2) is 6.61 Å². The second-order valence-electron chi connectivity index (χ2n) is 4.35. The normalized spacial score (nSPS) is 10.3. The van der Waals surface area contributed by atoms with E-state index in [9.17, 15) is 0 Å². The summed E-state index contributed by atoms with van der Waals surface area (Å²) in [5.41, 5.74) is 3.47. The van der Waals surface area contributed by atoms with Crippen LogP contribution in [0.5, 0.6) is 5.75 Å². The van der Waals surface area contributed by atoms with Crippen molar-refractivity contribution in [2.75, 3.05) is 11.9 Å². The van der Waals surface area contributed by atoms with Gasteiger partial charge in [-0.05, 0) is 43.2 Å². The van der Waals surface area contributed by atoms with Crippen molar-refractivity contribution in [3.05, 3.63) is 58.6 Å². The summed E-state index contributed by atoms with van der Waals surface area (Å²) in [5, 5.41) is 4.09. The molecule has 0 atom stereocenters. The highest BCUT2D eigenvalue weighted by atomic mass is 35.5. The molecular formula is C16H18ClNO. The summed E-state index contributed by atoms with van der Waals surface area (Å²) in [5.74, 6) is 0.834. The minimum Gasteiger partial charge on any atom is -0.492 e. The van der Waals surface area contributed by atoms with Gasteiger partial charge >= 0.3 is 0 Å². The number of rotatable bonds is 5. The predicted molar refractivity (Wildman–Crippen MR) is 81.1 cm³/mol. The summed E-state index contributed by atoms with van der Waals surface area (Å²) >= 11 is 6.03. The van der Waals surface area contributed by atoms with E-state index in [4.69, 9.17) is 16.3 Å². The van der Waals surface area contributed by atoms with Crippen LogP contribution in [0.4, 0.5) is 5.69 Å². The molecule has 0 aromatic heterocycles. The van der Waals surface area contributed by atoms with E-state index < -0.39 is 0 Å². The lowest BCUT2D eigenvalue weighted by molar-refractivity contribution is 0.341. The molecule has 0 bridgehead atoms. The average Bonchev–Trinajstić information content (AvgIpc) is 2.41. The number of aryl methyl sites for hydroxylation is 1. The summed E-state index contributed by atoms with van der Waals surface area (Å²) in [6, 6.07) is 13.9. The zero-order valence-corrected chi connectivity index (χ0v) is 12.0. The molecule has 3 heteroatoms. The molecule has 1 N–H and O–H groups in total. The lowest BCUT2D eigenvalue weighted by atomic mass is 10.1. The summed E-state index contributed by atoms with van der Waals surface area (Å²) in [7, 11) is 0. The fraction of sp³-hybridized carbons (Fsp3) is 0.250. The monoisotopic (exact) mass is 275 g/mol. The van der Waals surface area contributed by atoms with Gasteiger partial charge in [0.1, 0.15) is 5.75 Å². The fourth-order valence-corrected chi connectivity index (χ4v) is 2.09. The van der Waals surface area contributed by atoms with E-state index in [0.29, 0.717) is 11.6 Å². The van der Waals surface area contributed by atoms with Crippen molar-refractivity contribution in [2.45, 2.75) is 20.4 Å². The molecular weight excluding hydrogens is 258 g/mol. The van der Waals surface area contributed by atoms with Gasteiger partial charge in [0.05, 0.1) is 12.3 Å². The Morgan fingerprint density at radius 1 is 1.16 bits per heavy atom. The zero-order chi connectivity index (χ0) is 13.7. The third kappa shape index (κ3) is 3.65. The largest absolute Gasteiger partial charge is 0.492 e. The van der Waals surface area contributed by atoms with Crippen molar-refractivity contribution in [2.24, 2.45) is 0 Å².